The Balaban J connectivity index is 1.34. The van der Waals surface area contributed by atoms with Gasteiger partial charge in [0.2, 0.25) is 11.9 Å². The van der Waals surface area contributed by atoms with E-state index in [9.17, 15) is 18.4 Å². The van der Waals surface area contributed by atoms with Crippen molar-refractivity contribution >= 4 is 40.3 Å². The fourth-order valence-corrected chi connectivity index (χ4v) is 5.91. The molecule has 2 aliphatic carbocycles. The molecule has 2 amide bonds. The highest BCUT2D eigenvalue weighted by atomic mass is 19.3. The first-order chi connectivity index (χ1) is 17.9. The molecule has 2 fully saturated rings. The van der Waals surface area contributed by atoms with Crippen LogP contribution in [-0.2, 0) is 4.79 Å². The number of carbonyl (C=O) groups is 2. The molecule has 11 heteroatoms. The minimum absolute atomic E-state index is 0.0210. The molecular formula is C26H27F2N7O2. The van der Waals surface area contributed by atoms with Crippen molar-refractivity contribution in [2.45, 2.75) is 31.9 Å². The number of primary amides is 1. The number of aromatic nitrogens is 3. The monoisotopic (exact) mass is 507 g/mol. The van der Waals surface area contributed by atoms with Gasteiger partial charge in [-0.2, -0.15) is 13.8 Å². The quantitative estimate of drug-likeness (QED) is 0.418. The summed E-state index contributed by atoms with van der Waals surface area (Å²) in [6.07, 6.45) is 8.08. The molecule has 1 saturated heterocycles. The first-order valence-corrected chi connectivity index (χ1v) is 12.5. The molecule has 3 heterocycles. The Kier molecular flexibility index (Phi) is 5.77. The van der Waals surface area contributed by atoms with E-state index < -0.39 is 18.4 Å². The summed E-state index contributed by atoms with van der Waals surface area (Å²) >= 11 is 0. The number of allylic oxidation sites excluding steroid dienone is 1. The van der Waals surface area contributed by atoms with Gasteiger partial charge in [0, 0.05) is 36.6 Å². The van der Waals surface area contributed by atoms with Crippen molar-refractivity contribution in [1.82, 2.24) is 19.4 Å². The van der Waals surface area contributed by atoms with Crippen LogP contribution in [0.4, 0.5) is 26.2 Å². The van der Waals surface area contributed by atoms with Crippen molar-refractivity contribution in [1.29, 1.82) is 0 Å². The highest BCUT2D eigenvalue weighted by Gasteiger charge is 2.47. The van der Waals surface area contributed by atoms with Gasteiger partial charge in [-0.25, -0.2) is 4.98 Å². The summed E-state index contributed by atoms with van der Waals surface area (Å²) in [5, 5.41) is 6.38. The maximum absolute atomic E-state index is 13.8. The Labute approximate surface area is 211 Å². The molecule has 192 valence electrons. The average molecular weight is 508 g/mol. The lowest BCUT2D eigenvalue weighted by atomic mass is 9.88. The van der Waals surface area contributed by atoms with Gasteiger partial charge in [-0.05, 0) is 55.4 Å². The van der Waals surface area contributed by atoms with E-state index in [1.54, 1.807) is 24.3 Å². The molecule has 6 rings (SSSR count). The number of nitrogens with zero attached hydrogens (tertiary/aromatic N) is 4. The molecule has 0 radical (unpaired) electrons. The second-order valence-corrected chi connectivity index (χ2v) is 9.88. The Hall–Kier alpha value is -4.02. The second kappa shape index (κ2) is 9.13. The third-order valence-electron chi connectivity index (χ3n) is 7.62. The van der Waals surface area contributed by atoms with E-state index in [1.165, 1.54) is 12.3 Å². The van der Waals surface area contributed by atoms with E-state index in [1.807, 2.05) is 17.1 Å². The first kappa shape index (κ1) is 23.4. The van der Waals surface area contributed by atoms with Crippen LogP contribution in [-0.4, -0.2) is 50.4 Å². The van der Waals surface area contributed by atoms with Crippen LogP contribution in [0.15, 0.2) is 48.7 Å². The van der Waals surface area contributed by atoms with Gasteiger partial charge in [0.25, 0.3) is 5.91 Å². The van der Waals surface area contributed by atoms with Crippen LogP contribution in [0.1, 0.15) is 36.2 Å². The van der Waals surface area contributed by atoms with Crippen molar-refractivity contribution in [2.75, 3.05) is 23.7 Å². The largest absolute Gasteiger partial charge is 0.369 e. The minimum atomic E-state index is -2.79. The molecule has 2 bridgehead atoms. The fourth-order valence-electron chi connectivity index (χ4n) is 5.91. The van der Waals surface area contributed by atoms with E-state index in [0.717, 1.165) is 36.9 Å². The van der Waals surface area contributed by atoms with Crippen molar-refractivity contribution in [3.05, 3.63) is 54.2 Å². The molecule has 37 heavy (non-hydrogen) atoms. The van der Waals surface area contributed by atoms with E-state index >= 15 is 0 Å². The molecule has 1 aliphatic heterocycles. The molecule has 0 unspecified atom stereocenters. The van der Waals surface area contributed by atoms with Crippen LogP contribution in [0.3, 0.4) is 0 Å². The summed E-state index contributed by atoms with van der Waals surface area (Å²) < 4.78 is 28.4. The zero-order valence-corrected chi connectivity index (χ0v) is 20.0. The Bertz CT molecular complexity index is 1400. The normalized spacial score (nSPS) is 24.4. The summed E-state index contributed by atoms with van der Waals surface area (Å²) in [5.74, 6) is -0.474. The van der Waals surface area contributed by atoms with Crippen LogP contribution in [0.2, 0.25) is 0 Å². The van der Waals surface area contributed by atoms with Gasteiger partial charge in [0.05, 0.1) is 11.4 Å². The number of amides is 2. The number of likely N-dealkylation sites (tertiary alicyclic amines) is 1. The number of benzene rings is 1. The van der Waals surface area contributed by atoms with Gasteiger partial charge in [-0.15, -0.1) is 0 Å². The number of nitrogens with one attached hydrogen (secondary N) is 2. The van der Waals surface area contributed by atoms with Crippen LogP contribution < -0.4 is 16.4 Å². The summed E-state index contributed by atoms with van der Waals surface area (Å²) in [5.41, 5.74) is 7.31. The number of hydrogen-bond donors (Lipinski definition) is 3. The molecule has 1 aromatic carbocycles. The van der Waals surface area contributed by atoms with E-state index in [4.69, 9.17) is 5.73 Å². The molecule has 1 saturated carbocycles. The maximum atomic E-state index is 13.8. The van der Waals surface area contributed by atoms with Gasteiger partial charge >= 0.3 is 6.55 Å². The number of alkyl halides is 2. The molecule has 2 aromatic heterocycles. The summed E-state index contributed by atoms with van der Waals surface area (Å²) in [7, 11) is 0. The van der Waals surface area contributed by atoms with Crippen molar-refractivity contribution < 1.29 is 18.4 Å². The van der Waals surface area contributed by atoms with Gasteiger partial charge < -0.3 is 21.3 Å². The zero-order valence-electron chi connectivity index (χ0n) is 20.0. The van der Waals surface area contributed by atoms with E-state index in [0.29, 0.717) is 16.8 Å². The predicted octanol–water partition coefficient (Wildman–Crippen LogP) is 3.89. The van der Waals surface area contributed by atoms with E-state index in [-0.39, 0.29) is 41.1 Å². The van der Waals surface area contributed by atoms with Crippen molar-refractivity contribution in [3.63, 3.8) is 0 Å². The number of carbonyl (C=O) groups excluding carboxylic acids is 2. The number of anilines is 3. The van der Waals surface area contributed by atoms with Gasteiger partial charge in [0.15, 0.2) is 5.82 Å². The Morgan fingerprint density at radius 1 is 1.08 bits per heavy atom. The summed E-state index contributed by atoms with van der Waals surface area (Å²) in [6, 6.07) is 8.19. The van der Waals surface area contributed by atoms with Crippen molar-refractivity contribution in [2.24, 2.45) is 23.5 Å². The first-order valence-electron chi connectivity index (χ1n) is 12.5. The fraction of sp³-hybridized carbons (Fsp3) is 0.385. The Morgan fingerprint density at radius 2 is 1.86 bits per heavy atom. The van der Waals surface area contributed by atoms with Crippen LogP contribution in [0, 0.1) is 17.8 Å². The topological polar surface area (TPSA) is 118 Å². The zero-order chi connectivity index (χ0) is 25.7. The molecule has 3 aliphatic rings. The molecular weight excluding hydrogens is 480 g/mol. The number of nitrogens with two attached hydrogens (primary N) is 1. The van der Waals surface area contributed by atoms with Gasteiger partial charge in [-0.3, -0.25) is 14.2 Å². The van der Waals surface area contributed by atoms with Crippen LogP contribution in [0.5, 0.6) is 0 Å². The molecule has 3 aromatic rings. The van der Waals surface area contributed by atoms with Crippen molar-refractivity contribution in [3.8, 4) is 0 Å². The smallest absolute Gasteiger partial charge is 0.319 e. The van der Waals surface area contributed by atoms with E-state index in [2.05, 4.69) is 20.6 Å². The third-order valence-corrected chi connectivity index (χ3v) is 7.62. The maximum Gasteiger partial charge on any atom is 0.319 e. The number of halogens is 2. The molecule has 4 N–H and O–H groups in total. The highest BCUT2D eigenvalue weighted by Crippen LogP contribution is 2.45. The second-order valence-electron chi connectivity index (χ2n) is 9.88. The summed E-state index contributed by atoms with van der Waals surface area (Å²) in [6.45, 7) is -1.30. The molecule has 0 spiro atoms. The average Bonchev–Trinajstić information content (AvgIpc) is 3.67. The SMILES string of the molecule is NC(=O)[C@@H]1[C@H](Nc2nc(Nc3cccc(C(=O)N4CCCC4)c3)nc3ccn(C(F)F)c23)[C@H]2C=C[C@@H]1C2. The lowest BCUT2D eigenvalue weighted by molar-refractivity contribution is -0.122. The minimum Gasteiger partial charge on any atom is -0.369 e. The lowest BCUT2D eigenvalue weighted by Crippen LogP contribution is -2.41. The third kappa shape index (κ3) is 4.17. The lowest BCUT2D eigenvalue weighted by Gasteiger charge is -2.27. The number of fused-ring (bicyclic) bond motifs is 3. The standard InChI is InChI=1S/C26H27F2N7O2/c27-25(28)35-11-8-18-21(35)23(32-20-15-7-6-14(12-15)19(20)22(29)36)33-26(31-18)30-17-5-3-4-16(13-17)24(37)34-9-1-2-10-34/h3-8,11,13-15,19-20,25H,1-2,9-10,12H2,(H2,29,36)(H2,30,31,32,33)/t14-,15+,19+,20-/m1/s1. The van der Waals surface area contributed by atoms with Crippen LogP contribution >= 0.6 is 0 Å². The highest BCUT2D eigenvalue weighted by molar-refractivity contribution is 5.95. The number of rotatable bonds is 7. The van der Waals surface area contributed by atoms with Crippen LogP contribution in [0.25, 0.3) is 11.0 Å². The van der Waals surface area contributed by atoms with Gasteiger partial charge in [-0.1, -0.05) is 18.2 Å². The molecule has 4 atom stereocenters. The molecule has 9 nitrogen and oxygen atoms in total. The number of hydrogen-bond acceptors (Lipinski definition) is 6. The summed E-state index contributed by atoms with van der Waals surface area (Å²) in [4.78, 5) is 35.9. The van der Waals surface area contributed by atoms with Gasteiger partial charge in [0.1, 0.15) is 5.52 Å². The predicted molar refractivity (Wildman–Crippen MR) is 134 cm³/mol. The Morgan fingerprint density at radius 3 is 2.62 bits per heavy atom.